The molecule has 2 amide bonds. The Bertz CT molecular complexity index is 1950. The first-order chi connectivity index (χ1) is 23.8. The van der Waals surface area contributed by atoms with Crippen LogP contribution in [0.4, 0.5) is 30.7 Å². The second kappa shape index (κ2) is 14.7. The molecule has 1 aliphatic rings. The van der Waals surface area contributed by atoms with Crippen molar-refractivity contribution in [3.05, 3.63) is 105 Å². The Morgan fingerprint density at radius 1 is 0.750 bits per heavy atom. The van der Waals surface area contributed by atoms with E-state index in [1.807, 2.05) is 0 Å². The lowest BCUT2D eigenvalue weighted by atomic mass is 9.99. The van der Waals surface area contributed by atoms with Crippen molar-refractivity contribution in [2.75, 3.05) is 0 Å². The van der Waals surface area contributed by atoms with Gasteiger partial charge >= 0.3 is 38.4 Å². The molecule has 0 aromatic heterocycles. The summed E-state index contributed by atoms with van der Waals surface area (Å²) in [6, 6.07) is 7.76. The molecule has 0 fully saturated rings. The van der Waals surface area contributed by atoms with E-state index < -0.39 is 79.8 Å². The van der Waals surface area contributed by atoms with E-state index in [9.17, 15) is 49.5 Å². The zero-order valence-corrected chi connectivity index (χ0v) is 29.3. The van der Waals surface area contributed by atoms with Crippen LogP contribution in [-0.4, -0.2) is 49.6 Å². The number of hydrogen-bond donors (Lipinski definition) is 7. The largest absolute Gasteiger partial charge is 0.442 e. The summed E-state index contributed by atoms with van der Waals surface area (Å²) in [4.78, 5) is 61.9. The number of nitrogens with zero attached hydrogens (tertiary/aromatic N) is 2. The van der Waals surface area contributed by atoms with Crippen molar-refractivity contribution in [1.29, 1.82) is 0 Å². The van der Waals surface area contributed by atoms with E-state index in [1.165, 1.54) is 6.07 Å². The van der Waals surface area contributed by atoms with Crippen LogP contribution in [0.15, 0.2) is 81.4 Å². The third-order valence-electron chi connectivity index (χ3n) is 7.80. The van der Waals surface area contributed by atoms with Crippen LogP contribution in [0.5, 0.6) is 0 Å². The lowest BCUT2D eigenvalue weighted by Crippen LogP contribution is -2.53. The monoisotopic (exact) mass is 847 g/mol. The average Bonchev–Trinajstić information content (AvgIpc) is 3.85. The summed E-state index contributed by atoms with van der Waals surface area (Å²) in [6.07, 6.45) is -5.60. The van der Waals surface area contributed by atoms with Crippen LogP contribution in [0, 0.1) is 0 Å². The Hall–Kier alpha value is -3.55. The molecular formula is C29H27BrF7N5O8P2. The standard InChI is InChI=1S/C29H27BrF7N5O8P2/c30-21-10-17(9-20(13-21)26(41-42-26)29(35,36)37)14-39-23(12-16-3-7-19(8-4-16)28(33,34)52(48,49)50)25(44)40-22(24(38)43)11-15-1-5-18(6-2-15)27(31,32)51(45,46)47/h1-10,13,22-23,39H,11-12,14H2,(H2,38,43)(H,40,44)(H2,45,46,47)(H2,48,49,50)/t22-,23-/m0/s1. The highest BCUT2D eigenvalue weighted by Crippen LogP contribution is 2.60. The quantitative estimate of drug-likeness (QED) is 0.0807. The predicted octanol–water partition coefficient (Wildman–Crippen LogP) is 5.00. The number of alkyl halides is 7. The van der Waals surface area contributed by atoms with Crippen molar-refractivity contribution in [3.63, 3.8) is 0 Å². The van der Waals surface area contributed by atoms with Gasteiger partial charge in [0.15, 0.2) is 0 Å². The first kappa shape index (κ1) is 41.2. The number of rotatable bonds is 15. The second-order valence-electron chi connectivity index (χ2n) is 11.6. The molecule has 0 bridgehead atoms. The molecule has 3 aromatic carbocycles. The Labute approximate surface area is 297 Å². The maximum atomic E-state index is 14.2. The molecule has 3 aromatic rings. The first-order valence-corrected chi connectivity index (χ1v) is 18.5. The van der Waals surface area contributed by atoms with Crippen molar-refractivity contribution < 1.29 is 69.0 Å². The zero-order valence-electron chi connectivity index (χ0n) is 25.9. The fourth-order valence-electron chi connectivity index (χ4n) is 4.88. The fourth-order valence-corrected chi connectivity index (χ4v) is 6.39. The summed E-state index contributed by atoms with van der Waals surface area (Å²) in [5.41, 5.74) is -8.31. The van der Waals surface area contributed by atoms with E-state index in [2.05, 4.69) is 36.8 Å². The SMILES string of the molecule is NC(=O)[C@H](Cc1ccc(C(F)(F)P(=O)(O)O)cc1)NC(=O)[C@H](Cc1ccc(C(F)(F)P(=O)(O)O)cc1)NCc1cc(Br)cc(C2(C(F)(F)F)N=N2)c1. The molecule has 282 valence electrons. The number of nitrogens with one attached hydrogen (secondary N) is 2. The van der Waals surface area contributed by atoms with E-state index in [0.29, 0.717) is 12.1 Å². The minimum absolute atomic E-state index is 0.122. The van der Waals surface area contributed by atoms with Gasteiger partial charge in [-0.15, -0.1) is 10.2 Å². The lowest BCUT2D eigenvalue weighted by molar-refractivity contribution is -0.166. The summed E-state index contributed by atoms with van der Waals surface area (Å²) in [7, 11) is -11.8. The lowest BCUT2D eigenvalue weighted by Gasteiger charge is -2.23. The third-order valence-corrected chi connectivity index (χ3v) is 10.2. The molecule has 13 nitrogen and oxygen atoms in total. The summed E-state index contributed by atoms with van der Waals surface area (Å²) >= 11 is 3.13. The van der Waals surface area contributed by atoms with E-state index in [-0.39, 0.29) is 39.7 Å². The van der Waals surface area contributed by atoms with Crippen LogP contribution in [0.2, 0.25) is 0 Å². The fraction of sp³-hybridized carbons (Fsp3) is 0.310. The summed E-state index contributed by atoms with van der Waals surface area (Å²) < 4.78 is 120. The minimum atomic E-state index is -5.91. The molecule has 52 heavy (non-hydrogen) atoms. The molecule has 0 radical (unpaired) electrons. The van der Waals surface area contributed by atoms with Gasteiger partial charge in [0.2, 0.25) is 11.8 Å². The number of nitrogens with two attached hydrogens (primary N) is 1. The van der Waals surface area contributed by atoms with Crippen LogP contribution >= 0.6 is 31.1 Å². The van der Waals surface area contributed by atoms with Gasteiger partial charge in [-0.3, -0.25) is 18.7 Å². The average molecular weight is 848 g/mol. The van der Waals surface area contributed by atoms with E-state index in [4.69, 9.17) is 25.3 Å². The molecule has 0 spiro atoms. The highest BCUT2D eigenvalue weighted by atomic mass is 79.9. The predicted molar refractivity (Wildman–Crippen MR) is 171 cm³/mol. The molecule has 1 aliphatic heterocycles. The van der Waals surface area contributed by atoms with E-state index in [1.54, 1.807) is 0 Å². The Kier molecular flexibility index (Phi) is 11.7. The van der Waals surface area contributed by atoms with Gasteiger partial charge in [-0.1, -0.05) is 64.5 Å². The van der Waals surface area contributed by atoms with E-state index in [0.717, 1.165) is 48.5 Å². The Balaban J connectivity index is 1.59. The van der Waals surface area contributed by atoms with Crippen LogP contribution in [-0.2, 0) is 55.1 Å². The molecule has 2 atom stereocenters. The topological polar surface area (TPSA) is 224 Å². The molecule has 0 saturated heterocycles. The van der Waals surface area contributed by atoms with Crippen LogP contribution < -0.4 is 16.4 Å². The number of carbonyl (C=O) groups is 2. The van der Waals surface area contributed by atoms with Crippen LogP contribution in [0.25, 0.3) is 0 Å². The van der Waals surface area contributed by atoms with Gasteiger partial charge in [0.25, 0.3) is 0 Å². The number of carbonyl (C=O) groups excluding carboxylic acids is 2. The highest BCUT2D eigenvalue weighted by molar-refractivity contribution is 9.10. The number of amides is 2. The van der Waals surface area contributed by atoms with Crippen molar-refractivity contribution in [2.45, 2.75) is 54.6 Å². The van der Waals surface area contributed by atoms with Crippen molar-refractivity contribution in [2.24, 2.45) is 16.0 Å². The van der Waals surface area contributed by atoms with Gasteiger partial charge in [-0.05, 0) is 41.3 Å². The smallest absolute Gasteiger partial charge is 0.368 e. The normalized spacial score (nSPS) is 15.9. The summed E-state index contributed by atoms with van der Waals surface area (Å²) in [6.45, 7) is -0.302. The summed E-state index contributed by atoms with van der Waals surface area (Å²) in [5.74, 6) is -2.06. The Morgan fingerprint density at radius 2 is 1.19 bits per heavy atom. The van der Waals surface area contributed by atoms with Gasteiger partial charge in [-0.25, -0.2) is 0 Å². The zero-order chi connectivity index (χ0) is 39.1. The maximum absolute atomic E-state index is 14.2. The molecular weight excluding hydrogens is 821 g/mol. The van der Waals surface area contributed by atoms with Gasteiger partial charge < -0.3 is 35.9 Å². The Morgan fingerprint density at radius 3 is 1.58 bits per heavy atom. The van der Waals surface area contributed by atoms with E-state index >= 15 is 0 Å². The molecule has 8 N–H and O–H groups in total. The minimum Gasteiger partial charge on any atom is -0.368 e. The van der Waals surface area contributed by atoms with Gasteiger partial charge in [-0.2, -0.15) is 30.7 Å². The molecule has 0 aliphatic carbocycles. The number of primary amides is 1. The third kappa shape index (κ3) is 8.97. The molecule has 0 saturated carbocycles. The second-order valence-corrected chi connectivity index (χ2v) is 15.8. The summed E-state index contributed by atoms with van der Waals surface area (Å²) in [5, 5.41) is 11.5. The van der Waals surface area contributed by atoms with Crippen molar-refractivity contribution in [1.82, 2.24) is 10.6 Å². The molecule has 23 heteroatoms. The van der Waals surface area contributed by atoms with Gasteiger partial charge in [0.05, 0.1) is 6.04 Å². The molecule has 0 unspecified atom stereocenters. The molecule has 1 heterocycles. The highest BCUT2D eigenvalue weighted by Gasteiger charge is 2.65. The van der Waals surface area contributed by atoms with Crippen LogP contribution in [0.3, 0.4) is 0 Å². The van der Waals surface area contributed by atoms with Gasteiger partial charge in [0.1, 0.15) is 6.04 Å². The number of benzene rings is 3. The number of halogens is 8. The van der Waals surface area contributed by atoms with Crippen LogP contribution in [0.1, 0.15) is 33.4 Å². The van der Waals surface area contributed by atoms with Crippen molar-refractivity contribution >= 4 is 42.9 Å². The van der Waals surface area contributed by atoms with Crippen molar-refractivity contribution in [3.8, 4) is 0 Å². The maximum Gasteiger partial charge on any atom is 0.442 e. The number of hydrogen-bond acceptors (Lipinski definition) is 7. The van der Waals surface area contributed by atoms with Gasteiger partial charge in [0, 0.05) is 34.1 Å². The first-order valence-electron chi connectivity index (χ1n) is 14.5. The molecule has 4 rings (SSSR count).